The van der Waals surface area contributed by atoms with Gasteiger partial charge in [-0.25, -0.2) is 4.79 Å². The maximum atomic E-state index is 10.8. The standard InChI is InChI=1S/C9H18O4/c1-4-8(12,5-2)9(13,6-3)7(10)11/h12-13H,4-6H2,1-3H3,(H,10,11). The Morgan fingerprint density at radius 3 is 1.54 bits per heavy atom. The van der Waals surface area contributed by atoms with Gasteiger partial charge in [-0.3, -0.25) is 0 Å². The van der Waals surface area contributed by atoms with Crippen molar-refractivity contribution in [3.63, 3.8) is 0 Å². The summed E-state index contributed by atoms with van der Waals surface area (Å²) in [6.45, 7) is 4.87. The molecule has 0 saturated carbocycles. The van der Waals surface area contributed by atoms with E-state index in [1.165, 1.54) is 0 Å². The Labute approximate surface area is 78.2 Å². The summed E-state index contributed by atoms with van der Waals surface area (Å²) in [7, 11) is 0. The van der Waals surface area contributed by atoms with Crippen molar-refractivity contribution < 1.29 is 20.1 Å². The fourth-order valence-corrected chi connectivity index (χ4v) is 1.51. The first kappa shape index (κ1) is 12.4. The van der Waals surface area contributed by atoms with Crippen molar-refractivity contribution in [1.82, 2.24) is 0 Å². The lowest BCUT2D eigenvalue weighted by Crippen LogP contribution is -2.58. The van der Waals surface area contributed by atoms with E-state index >= 15 is 0 Å². The number of hydrogen-bond donors (Lipinski definition) is 3. The zero-order valence-corrected chi connectivity index (χ0v) is 8.37. The van der Waals surface area contributed by atoms with Crippen LogP contribution in [0.25, 0.3) is 0 Å². The molecule has 0 saturated heterocycles. The zero-order chi connectivity index (χ0) is 10.7. The third-order valence-corrected chi connectivity index (χ3v) is 2.81. The van der Waals surface area contributed by atoms with Gasteiger partial charge < -0.3 is 15.3 Å². The van der Waals surface area contributed by atoms with Crippen molar-refractivity contribution in [2.75, 3.05) is 0 Å². The van der Waals surface area contributed by atoms with Crippen molar-refractivity contribution in [3.8, 4) is 0 Å². The van der Waals surface area contributed by atoms with Crippen molar-refractivity contribution in [3.05, 3.63) is 0 Å². The fraction of sp³-hybridized carbons (Fsp3) is 0.889. The first-order valence-electron chi connectivity index (χ1n) is 4.56. The highest BCUT2D eigenvalue weighted by Crippen LogP contribution is 2.32. The number of rotatable bonds is 5. The van der Waals surface area contributed by atoms with Crippen molar-refractivity contribution in [1.29, 1.82) is 0 Å². The molecule has 1 unspecified atom stereocenters. The number of aliphatic hydroxyl groups is 2. The summed E-state index contributed by atoms with van der Waals surface area (Å²) in [5.41, 5.74) is -3.57. The summed E-state index contributed by atoms with van der Waals surface area (Å²) in [6, 6.07) is 0. The van der Waals surface area contributed by atoms with Crippen LogP contribution >= 0.6 is 0 Å². The van der Waals surface area contributed by atoms with Crippen LogP contribution < -0.4 is 0 Å². The van der Waals surface area contributed by atoms with Crippen LogP contribution in [-0.4, -0.2) is 32.5 Å². The number of aliphatic carboxylic acids is 1. The average molecular weight is 190 g/mol. The maximum absolute atomic E-state index is 10.8. The Kier molecular flexibility index (Phi) is 3.88. The summed E-state index contributed by atoms with van der Waals surface area (Å²) in [6.07, 6.45) is 0.445. The summed E-state index contributed by atoms with van der Waals surface area (Å²) in [5, 5.41) is 28.5. The van der Waals surface area contributed by atoms with E-state index in [1.807, 2.05) is 0 Å². The van der Waals surface area contributed by atoms with E-state index in [-0.39, 0.29) is 19.3 Å². The second-order valence-electron chi connectivity index (χ2n) is 3.26. The fourth-order valence-electron chi connectivity index (χ4n) is 1.51. The van der Waals surface area contributed by atoms with E-state index in [0.29, 0.717) is 0 Å². The Hall–Kier alpha value is -0.610. The highest BCUT2D eigenvalue weighted by Gasteiger charge is 2.51. The third-order valence-electron chi connectivity index (χ3n) is 2.81. The van der Waals surface area contributed by atoms with Gasteiger partial charge in [-0.2, -0.15) is 0 Å². The topological polar surface area (TPSA) is 77.8 Å². The van der Waals surface area contributed by atoms with Crippen LogP contribution in [0.3, 0.4) is 0 Å². The Balaban J connectivity index is 5.03. The first-order valence-corrected chi connectivity index (χ1v) is 4.56. The molecule has 0 spiro atoms. The molecule has 1 atom stereocenters. The molecule has 0 radical (unpaired) electrons. The lowest BCUT2D eigenvalue weighted by molar-refractivity contribution is -0.195. The van der Waals surface area contributed by atoms with Gasteiger partial charge in [-0.15, -0.1) is 0 Å². The van der Waals surface area contributed by atoms with Gasteiger partial charge in [-0.05, 0) is 19.3 Å². The van der Waals surface area contributed by atoms with E-state index in [2.05, 4.69) is 0 Å². The minimum Gasteiger partial charge on any atom is -0.479 e. The molecule has 13 heavy (non-hydrogen) atoms. The molecule has 0 aliphatic heterocycles. The Morgan fingerprint density at radius 1 is 1.08 bits per heavy atom. The minimum absolute atomic E-state index is 0.000509. The molecule has 0 fully saturated rings. The molecule has 0 rings (SSSR count). The van der Waals surface area contributed by atoms with Crippen LogP contribution in [0.1, 0.15) is 40.0 Å². The lowest BCUT2D eigenvalue weighted by Gasteiger charge is -2.38. The summed E-state index contributed by atoms with van der Waals surface area (Å²) < 4.78 is 0. The normalized spacial score (nSPS) is 16.7. The van der Waals surface area contributed by atoms with Gasteiger partial charge in [0.2, 0.25) is 0 Å². The zero-order valence-electron chi connectivity index (χ0n) is 8.37. The monoisotopic (exact) mass is 190 g/mol. The maximum Gasteiger partial charge on any atom is 0.338 e. The molecule has 0 aliphatic carbocycles. The second-order valence-corrected chi connectivity index (χ2v) is 3.26. The van der Waals surface area contributed by atoms with E-state index < -0.39 is 17.2 Å². The summed E-state index contributed by atoms with van der Waals surface area (Å²) in [4.78, 5) is 10.8. The van der Waals surface area contributed by atoms with Gasteiger partial charge >= 0.3 is 5.97 Å². The van der Waals surface area contributed by atoms with Gasteiger partial charge in [0, 0.05) is 0 Å². The van der Waals surface area contributed by atoms with Gasteiger partial charge in [0.15, 0.2) is 5.60 Å². The van der Waals surface area contributed by atoms with Crippen LogP contribution in [0, 0.1) is 0 Å². The first-order chi connectivity index (χ1) is 5.88. The molecule has 0 heterocycles. The van der Waals surface area contributed by atoms with Crippen LogP contribution in [0.2, 0.25) is 0 Å². The Bertz CT molecular complexity index is 186. The van der Waals surface area contributed by atoms with Gasteiger partial charge in [0.1, 0.15) is 5.60 Å². The van der Waals surface area contributed by atoms with Crippen molar-refractivity contribution in [2.24, 2.45) is 0 Å². The third kappa shape index (κ3) is 1.84. The molecular formula is C9H18O4. The smallest absolute Gasteiger partial charge is 0.338 e. The minimum atomic E-state index is -2.03. The van der Waals surface area contributed by atoms with Crippen molar-refractivity contribution >= 4 is 5.97 Å². The molecular weight excluding hydrogens is 172 g/mol. The van der Waals surface area contributed by atoms with E-state index in [4.69, 9.17) is 5.11 Å². The molecule has 4 nitrogen and oxygen atoms in total. The highest BCUT2D eigenvalue weighted by molar-refractivity contribution is 5.78. The predicted molar refractivity (Wildman–Crippen MR) is 48.4 cm³/mol. The molecule has 4 heteroatoms. The van der Waals surface area contributed by atoms with Gasteiger partial charge in [0.25, 0.3) is 0 Å². The number of carboxylic acid groups (broad SMARTS) is 1. The van der Waals surface area contributed by atoms with Crippen LogP contribution in [0.5, 0.6) is 0 Å². The summed E-state index contributed by atoms with van der Waals surface area (Å²) >= 11 is 0. The van der Waals surface area contributed by atoms with Crippen LogP contribution in [0.15, 0.2) is 0 Å². The molecule has 0 aliphatic rings. The lowest BCUT2D eigenvalue weighted by atomic mass is 9.77. The van der Waals surface area contributed by atoms with Gasteiger partial charge in [-0.1, -0.05) is 20.8 Å². The number of carbonyl (C=O) groups is 1. The molecule has 0 bridgehead atoms. The summed E-state index contributed by atoms with van der Waals surface area (Å²) in [5.74, 6) is -1.36. The van der Waals surface area contributed by atoms with E-state index in [1.54, 1.807) is 20.8 Å². The SMILES string of the molecule is CCC(O)(CC)C(O)(CC)C(=O)O. The number of hydrogen-bond acceptors (Lipinski definition) is 3. The quantitative estimate of drug-likeness (QED) is 0.598. The number of carboxylic acids is 1. The molecule has 0 aromatic heterocycles. The van der Waals surface area contributed by atoms with Crippen LogP contribution in [0.4, 0.5) is 0 Å². The Morgan fingerprint density at radius 2 is 1.46 bits per heavy atom. The second kappa shape index (κ2) is 4.07. The average Bonchev–Trinajstić information content (AvgIpc) is 2.14. The van der Waals surface area contributed by atoms with Gasteiger partial charge in [0.05, 0.1) is 0 Å². The molecule has 0 amide bonds. The van der Waals surface area contributed by atoms with E-state index in [9.17, 15) is 15.0 Å². The van der Waals surface area contributed by atoms with E-state index in [0.717, 1.165) is 0 Å². The molecule has 0 aromatic rings. The largest absolute Gasteiger partial charge is 0.479 e. The van der Waals surface area contributed by atoms with Crippen molar-refractivity contribution in [2.45, 2.75) is 51.2 Å². The molecule has 0 aromatic carbocycles. The predicted octanol–water partition coefficient (Wildman–Crippen LogP) is 0.763. The molecule has 3 N–H and O–H groups in total. The van der Waals surface area contributed by atoms with Crippen LogP contribution in [-0.2, 0) is 4.79 Å². The highest BCUT2D eigenvalue weighted by atomic mass is 16.4. The molecule has 78 valence electrons.